The molecule has 1 aromatic rings. The molecule has 5 nitrogen and oxygen atoms in total. The van der Waals surface area contributed by atoms with Crippen molar-refractivity contribution < 1.29 is 9.59 Å². The number of amides is 2. The minimum absolute atomic E-state index is 0. The monoisotopic (exact) mass is 357 g/mol. The number of thioether (sulfide) groups is 1. The summed E-state index contributed by atoms with van der Waals surface area (Å²) >= 11 is 1.66. The number of carbonyl (C=O) groups excluding carboxylic acids is 2. The van der Waals surface area contributed by atoms with E-state index in [1.165, 1.54) is 0 Å². The summed E-state index contributed by atoms with van der Waals surface area (Å²) in [6.07, 6.45) is 2.26. The van der Waals surface area contributed by atoms with Crippen LogP contribution in [-0.4, -0.2) is 36.7 Å². The number of carbonyl (C=O) groups is 2. The van der Waals surface area contributed by atoms with Gasteiger partial charge in [0.1, 0.15) is 0 Å². The van der Waals surface area contributed by atoms with Crippen molar-refractivity contribution in [1.29, 1.82) is 0 Å². The molecule has 1 aromatic carbocycles. The Balaban J connectivity index is 0.00000264. The molecule has 1 fully saturated rings. The van der Waals surface area contributed by atoms with Crippen LogP contribution in [0.25, 0.3) is 0 Å². The lowest BCUT2D eigenvalue weighted by molar-refractivity contribution is -0.127. The van der Waals surface area contributed by atoms with E-state index in [4.69, 9.17) is 5.73 Å². The predicted octanol–water partition coefficient (Wildman–Crippen LogP) is 2.04. The highest BCUT2D eigenvalue weighted by molar-refractivity contribution is 7.98. The van der Waals surface area contributed by atoms with Crippen LogP contribution in [0, 0.1) is 5.92 Å². The number of hydrogen-bond acceptors (Lipinski definition) is 4. The molecule has 7 heteroatoms. The molecule has 2 rings (SSSR count). The lowest BCUT2D eigenvalue weighted by Gasteiger charge is -2.26. The second-order valence-corrected chi connectivity index (χ2v) is 7.06. The number of nitrogens with zero attached hydrogens (tertiary/aromatic N) is 1. The second kappa shape index (κ2) is 8.04. The van der Waals surface area contributed by atoms with Crippen molar-refractivity contribution in [3.05, 3.63) is 24.3 Å². The molecule has 3 N–H and O–H groups in total. The summed E-state index contributed by atoms with van der Waals surface area (Å²) in [4.78, 5) is 27.3. The van der Waals surface area contributed by atoms with Crippen LogP contribution in [0.15, 0.2) is 29.2 Å². The topological polar surface area (TPSA) is 75.4 Å². The van der Waals surface area contributed by atoms with Crippen LogP contribution < -0.4 is 16.0 Å². The Hall–Kier alpha value is -1.24. The highest BCUT2D eigenvalue weighted by Crippen LogP contribution is 2.27. The Bertz CT molecular complexity index is 563. The van der Waals surface area contributed by atoms with E-state index < -0.39 is 5.54 Å². The van der Waals surface area contributed by atoms with E-state index in [0.717, 1.165) is 10.6 Å². The first-order chi connectivity index (χ1) is 10.4. The van der Waals surface area contributed by atoms with Gasteiger partial charge in [-0.15, -0.1) is 24.2 Å². The van der Waals surface area contributed by atoms with Gasteiger partial charge >= 0.3 is 0 Å². The van der Waals surface area contributed by atoms with Crippen molar-refractivity contribution in [3.8, 4) is 0 Å². The van der Waals surface area contributed by atoms with Gasteiger partial charge in [0.05, 0.1) is 5.92 Å². The number of hydrogen-bond donors (Lipinski definition) is 2. The number of nitrogens with one attached hydrogen (secondary N) is 1. The van der Waals surface area contributed by atoms with Crippen LogP contribution in [-0.2, 0) is 9.59 Å². The van der Waals surface area contributed by atoms with Crippen molar-refractivity contribution >= 4 is 41.7 Å². The lowest BCUT2D eigenvalue weighted by atomic mass is 10.0. The summed E-state index contributed by atoms with van der Waals surface area (Å²) in [5, 5.41) is 2.91. The van der Waals surface area contributed by atoms with Crippen molar-refractivity contribution in [2.75, 3.05) is 24.2 Å². The molecule has 0 aliphatic carbocycles. The maximum atomic E-state index is 12.3. The maximum Gasteiger partial charge on any atom is 0.227 e. The van der Waals surface area contributed by atoms with Gasteiger partial charge in [0, 0.05) is 35.6 Å². The van der Waals surface area contributed by atoms with E-state index in [1.807, 2.05) is 44.4 Å². The summed E-state index contributed by atoms with van der Waals surface area (Å²) in [6.45, 7) is 4.53. The SMILES string of the molecule is CSc1ccc(N2CC(C(=O)NC(C)(C)CN)CC2=O)cc1.Cl. The Morgan fingerprint density at radius 3 is 2.52 bits per heavy atom. The van der Waals surface area contributed by atoms with Gasteiger partial charge in [-0.05, 0) is 44.4 Å². The molecule has 1 atom stereocenters. The van der Waals surface area contributed by atoms with Crippen LogP contribution in [0.4, 0.5) is 5.69 Å². The lowest BCUT2D eigenvalue weighted by Crippen LogP contribution is -2.51. The molecule has 1 heterocycles. The van der Waals surface area contributed by atoms with Crippen LogP contribution in [0.3, 0.4) is 0 Å². The molecule has 0 aromatic heterocycles. The normalized spacial score (nSPS) is 17.8. The highest BCUT2D eigenvalue weighted by Gasteiger charge is 2.36. The van der Waals surface area contributed by atoms with Crippen molar-refractivity contribution in [3.63, 3.8) is 0 Å². The van der Waals surface area contributed by atoms with E-state index in [9.17, 15) is 9.59 Å². The van der Waals surface area contributed by atoms with Crippen molar-refractivity contribution in [1.82, 2.24) is 5.32 Å². The zero-order chi connectivity index (χ0) is 16.3. The fraction of sp³-hybridized carbons (Fsp3) is 0.500. The van der Waals surface area contributed by atoms with E-state index in [0.29, 0.717) is 13.1 Å². The Morgan fingerprint density at radius 1 is 1.39 bits per heavy atom. The average Bonchev–Trinajstić information content (AvgIpc) is 2.89. The smallest absolute Gasteiger partial charge is 0.227 e. The molecule has 1 aliphatic heterocycles. The quantitative estimate of drug-likeness (QED) is 0.791. The minimum Gasteiger partial charge on any atom is -0.350 e. The summed E-state index contributed by atoms with van der Waals surface area (Å²) in [7, 11) is 0. The highest BCUT2D eigenvalue weighted by atomic mass is 35.5. The van der Waals surface area contributed by atoms with Gasteiger partial charge in [-0.3, -0.25) is 9.59 Å². The van der Waals surface area contributed by atoms with E-state index in [2.05, 4.69) is 5.32 Å². The molecule has 1 unspecified atom stereocenters. The first-order valence-electron chi connectivity index (χ1n) is 7.33. The molecule has 1 aliphatic rings. The Kier molecular flexibility index (Phi) is 6.92. The van der Waals surface area contributed by atoms with Crippen molar-refractivity contribution in [2.24, 2.45) is 11.7 Å². The zero-order valence-electron chi connectivity index (χ0n) is 13.7. The molecule has 0 radical (unpaired) electrons. The summed E-state index contributed by atoms with van der Waals surface area (Å²) in [5.41, 5.74) is 6.03. The van der Waals surface area contributed by atoms with Gasteiger partial charge < -0.3 is 16.0 Å². The van der Waals surface area contributed by atoms with E-state index in [-0.39, 0.29) is 36.6 Å². The number of halogens is 1. The number of nitrogens with two attached hydrogens (primary N) is 1. The summed E-state index contributed by atoms with van der Waals surface area (Å²) in [5.74, 6) is -0.437. The van der Waals surface area contributed by atoms with Crippen LogP contribution in [0.5, 0.6) is 0 Å². The van der Waals surface area contributed by atoms with Gasteiger partial charge in [0.15, 0.2) is 0 Å². The fourth-order valence-corrected chi connectivity index (χ4v) is 2.79. The molecular weight excluding hydrogens is 334 g/mol. The van der Waals surface area contributed by atoms with Crippen LogP contribution in [0.2, 0.25) is 0 Å². The molecule has 1 saturated heterocycles. The van der Waals surface area contributed by atoms with Crippen LogP contribution >= 0.6 is 24.2 Å². The molecule has 0 bridgehead atoms. The number of benzene rings is 1. The molecule has 128 valence electrons. The third kappa shape index (κ3) is 4.86. The zero-order valence-corrected chi connectivity index (χ0v) is 15.3. The fourth-order valence-electron chi connectivity index (χ4n) is 2.38. The van der Waals surface area contributed by atoms with E-state index in [1.54, 1.807) is 16.7 Å². The Morgan fingerprint density at radius 2 is 2.00 bits per heavy atom. The number of anilines is 1. The van der Waals surface area contributed by atoms with Crippen molar-refractivity contribution in [2.45, 2.75) is 30.7 Å². The molecule has 0 spiro atoms. The van der Waals surface area contributed by atoms with Gasteiger partial charge in [-0.2, -0.15) is 0 Å². The molecular formula is C16H24ClN3O2S. The summed E-state index contributed by atoms with van der Waals surface area (Å²) in [6, 6.07) is 7.82. The molecule has 0 saturated carbocycles. The van der Waals surface area contributed by atoms with Gasteiger partial charge in [-0.25, -0.2) is 0 Å². The van der Waals surface area contributed by atoms with Gasteiger partial charge in [0.2, 0.25) is 11.8 Å². The Labute approximate surface area is 147 Å². The third-order valence-corrected chi connectivity index (χ3v) is 4.60. The largest absolute Gasteiger partial charge is 0.350 e. The minimum atomic E-state index is -0.451. The predicted molar refractivity (Wildman–Crippen MR) is 97.2 cm³/mol. The van der Waals surface area contributed by atoms with Gasteiger partial charge in [-0.1, -0.05) is 0 Å². The number of rotatable bonds is 5. The summed E-state index contributed by atoms with van der Waals surface area (Å²) < 4.78 is 0. The molecule has 23 heavy (non-hydrogen) atoms. The first kappa shape index (κ1) is 19.8. The molecule has 2 amide bonds. The third-order valence-electron chi connectivity index (χ3n) is 3.85. The van der Waals surface area contributed by atoms with E-state index >= 15 is 0 Å². The second-order valence-electron chi connectivity index (χ2n) is 6.18. The average molecular weight is 358 g/mol. The standard InChI is InChI=1S/C16H23N3O2S.ClH/c1-16(2,10-17)18-15(21)11-8-14(20)19(9-11)12-4-6-13(22-3)7-5-12;/h4-7,11H,8-10,17H2,1-3H3,(H,18,21);1H. The van der Waals surface area contributed by atoms with Gasteiger partial charge in [0.25, 0.3) is 0 Å². The first-order valence-corrected chi connectivity index (χ1v) is 8.55. The van der Waals surface area contributed by atoms with Crippen LogP contribution in [0.1, 0.15) is 20.3 Å². The maximum absolute atomic E-state index is 12.3.